The molecule has 2 rings (SSSR count). The molecule has 1 aliphatic rings. The van der Waals surface area contributed by atoms with Crippen LogP contribution in [0.1, 0.15) is 37.8 Å². The quantitative estimate of drug-likeness (QED) is 0.597. The monoisotopic (exact) mass is 236 g/mol. The maximum absolute atomic E-state index is 10.9. The second-order valence-electron chi connectivity index (χ2n) is 4.41. The molecule has 0 aliphatic heterocycles. The predicted octanol–water partition coefficient (Wildman–Crippen LogP) is 3.01. The standard InChI is InChI=1S/C12H16N2O3/c1-9-7-8-11(14(15)16)12(13-9)17-10-5-3-2-4-6-10/h7-8,10H,2-6H2,1H3. The third-order valence-corrected chi connectivity index (χ3v) is 3.01. The zero-order chi connectivity index (χ0) is 12.3. The maximum Gasteiger partial charge on any atom is 0.330 e. The summed E-state index contributed by atoms with van der Waals surface area (Å²) in [6.07, 6.45) is 5.49. The molecule has 1 fully saturated rings. The molecule has 0 aromatic carbocycles. The molecule has 0 spiro atoms. The molecular weight excluding hydrogens is 220 g/mol. The molecule has 0 saturated heterocycles. The topological polar surface area (TPSA) is 65.3 Å². The van der Waals surface area contributed by atoms with Gasteiger partial charge in [-0.3, -0.25) is 10.1 Å². The summed E-state index contributed by atoms with van der Waals surface area (Å²) < 4.78 is 5.68. The molecule has 0 N–H and O–H groups in total. The van der Waals surface area contributed by atoms with Crippen molar-refractivity contribution in [2.75, 3.05) is 0 Å². The summed E-state index contributed by atoms with van der Waals surface area (Å²) in [4.78, 5) is 14.5. The molecule has 0 radical (unpaired) electrons. The van der Waals surface area contributed by atoms with Crippen LogP contribution < -0.4 is 4.74 Å². The average Bonchev–Trinajstić information content (AvgIpc) is 2.30. The summed E-state index contributed by atoms with van der Waals surface area (Å²) >= 11 is 0. The molecule has 5 nitrogen and oxygen atoms in total. The van der Waals surface area contributed by atoms with Crippen molar-refractivity contribution in [3.05, 3.63) is 27.9 Å². The van der Waals surface area contributed by atoms with Gasteiger partial charge in [0.05, 0.1) is 4.92 Å². The van der Waals surface area contributed by atoms with Gasteiger partial charge in [0.15, 0.2) is 0 Å². The van der Waals surface area contributed by atoms with Crippen molar-refractivity contribution < 1.29 is 9.66 Å². The Morgan fingerprint density at radius 1 is 1.35 bits per heavy atom. The Kier molecular flexibility index (Phi) is 3.56. The minimum atomic E-state index is -0.440. The number of hydrogen-bond acceptors (Lipinski definition) is 4. The van der Waals surface area contributed by atoms with E-state index in [2.05, 4.69) is 4.98 Å². The van der Waals surface area contributed by atoms with E-state index in [1.54, 1.807) is 13.0 Å². The van der Waals surface area contributed by atoms with Gasteiger partial charge in [0.1, 0.15) is 6.10 Å². The lowest BCUT2D eigenvalue weighted by molar-refractivity contribution is -0.386. The van der Waals surface area contributed by atoms with E-state index < -0.39 is 4.92 Å². The molecule has 0 atom stereocenters. The first-order chi connectivity index (χ1) is 8.16. The normalized spacial score (nSPS) is 16.8. The summed E-state index contributed by atoms with van der Waals surface area (Å²) in [5, 5.41) is 10.9. The van der Waals surface area contributed by atoms with E-state index in [9.17, 15) is 10.1 Å². The van der Waals surface area contributed by atoms with Crippen molar-refractivity contribution in [3.8, 4) is 5.88 Å². The fourth-order valence-electron chi connectivity index (χ4n) is 2.09. The molecule has 0 amide bonds. The Morgan fingerprint density at radius 3 is 2.71 bits per heavy atom. The van der Waals surface area contributed by atoms with Crippen LogP contribution in [0.15, 0.2) is 12.1 Å². The van der Waals surface area contributed by atoms with Crippen molar-refractivity contribution >= 4 is 5.69 Å². The number of pyridine rings is 1. The highest BCUT2D eigenvalue weighted by molar-refractivity contribution is 5.41. The minimum absolute atomic E-state index is 0.0406. The SMILES string of the molecule is Cc1ccc([N+](=O)[O-])c(OC2CCCCC2)n1. The second kappa shape index (κ2) is 5.12. The Hall–Kier alpha value is -1.65. The van der Waals surface area contributed by atoms with Crippen LogP contribution in [0.5, 0.6) is 5.88 Å². The van der Waals surface area contributed by atoms with Gasteiger partial charge in [-0.2, -0.15) is 0 Å². The highest BCUT2D eigenvalue weighted by atomic mass is 16.6. The molecular formula is C12H16N2O3. The molecule has 5 heteroatoms. The molecule has 1 heterocycles. The molecule has 92 valence electrons. The first-order valence-electron chi connectivity index (χ1n) is 5.95. The lowest BCUT2D eigenvalue weighted by Gasteiger charge is -2.22. The highest BCUT2D eigenvalue weighted by Crippen LogP contribution is 2.29. The Morgan fingerprint density at radius 2 is 2.06 bits per heavy atom. The van der Waals surface area contributed by atoms with E-state index in [-0.39, 0.29) is 17.7 Å². The molecule has 1 saturated carbocycles. The molecule has 1 aromatic rings. The Bertz CT molecular complexity index is 414. The molecule has 0 bridgehead atoms. The second-order valence-corrected chi connectivity index (χ2v) is 4.41. The zero-order valence-corrected chi connectivity index (χ0v) is 9.89. The molecule has 17 heavy (non-hydrogen) atoms. The summed E-state index contributed by atoms with van der Waals surface area (Å²) in [6.45, 7) is 1.80. The number of hydrogen-bond donors (Lipinski definition) is 0. The van der Waals surface area contributed by atoms with Crippen molar-refractivity contribution in [2.45, 2.75) is 45.1 Å². The largest absolute Gasteiger partial charge is 0.469 e. The highest BCUT2D eigenvalue weighted by Gasteiger charge is 2.22. The summed E-state index contributed by atoms with van der Waals surface area (Å²) in [7, 11) is 0. The zero-order valence-electron chi connectivity index (χ0n) is 9.89. The van der Waals surface area contributed by atoms with Gasteiger partial charge in [0.2, 0.25) is 0 Å². The number of rotatable bonds is 3. The van der Waals surface area contributed by atoms with Crippen LogP contribution in [0.4, 0.5) is 5.69 Å². The van der Waals surface area contributed by atoms with Crippen molar-refractivity contribution in [2.24, 2.45) is 0 Å². The van der Waals surface area contributed by atoms with Crippen LogP contribution in [0, 0.1) is 17.0 Å². The summed E-state index contributed by atoms with van der Waals surface area (Å²) in [5.74, 6) is 0.168. The summed E-state index contributed by atoms with van der Waals surface area (Å²) in [5.41, 5.74) is 0.697. The third kappa shape index (κ3) is 2.93. The van der Waals surface area contributed by atoms with Gasteiger partial charge in [-0.05, 0) is 38.7 Å². The van der Waals surface area contributed by atoms with Crippen LogP contribution in [0.25, 0.3) is 0 Å². The van der Waals surface area contributed by atoms with Crippen molar-refractivity contribution in [1.82, 2.24) is 4.98 Å². The first-order valence-corrected chi connectivity index (χ1v) is 5.95. The van der Waals surface area contributed by atoms with Crippen molar-refractivity contribution in [3.63, 3.8) is 0 Å². The van der Waals surface area contributed by atoms with Crippen LogP contribution in [-0.4, -0.2) is 16.0 Å². The lowest BCUT2D eigenvalue weighted by atomic mass is 9.98. The fourth-order valence-corrected chi connectivity index (χ4v) is 2.09. The average molecular weight is 236 g/mol. The van der Waals surface area contributed by atoms with E-state index >= 15 is 0 Å². The Labute approximate surface area is 100.0 Å². The number of ether oxygens (including phenoxy) is 1. The van der Waals surface area contributed by atoms with E-state index in [1.165, 1.54) is 12.5 Å². The van der Waals surface area contributed by atoms with E-state index in [0.29, 0.717) is 0 Å². The fraction of sp³-hybridized carbons (Fsp3) is 0.583. The van der Waals surface area contributed by atoms with Crippen LogP contribution in [-0.2, 0) is 0 Å². The summed E-state index contributed by atoms with van der Waals surface area (Å²) in [6, 6.07) is 3.09. The van der Waals surface area contributed by atoms with Gasteiger partial charge >= 0.3 is 5.69 Å². The first kappa shape index (κ1) is 11.8. The predicted molar refractivity (Wildman–Crippen MR) is 63.1 cm³/mol. The smallest absolute Gasteiger partial charge is 0.330 e. The minimum Gasteiger partial charge on any atom is -0.469 e. The van der Waals surface area contributed by atoms with Crippen LogP contribution in [0.2, 0.25) is 0 Å². The number of nitro groups is 1. The lowest BCUT2D eigenvalue weighted by Crippen LogP contribution is -2.20. The number of nitrogens with zero attached hydrogens (tertiary/aromatic N) is 2. The molecule has 0 unspecified atom stereocenters. The van der Waals surface area contributed by atoms with E-state index in [0.717, 1.165) is 31.4 Å². The van der Waals surface area contributed by atoms with Gasteiger partial charge in [-0.25, -0.2) is 4.98 Å². The third-order valence-electron chi connectivity index (χ3n) is 3.01. The van der Waals surface area contributed by atoms with Gasteiger partial charge in [-0.1, -0.05) is 6.42 Å². The number of aromatic nitrogens is 1. The molecule has 1 aromatic heterocycles. The van der Waals surface area contributed by atoms with Gasteiger partial charge in [-0.15, -0.1) is 0 Å². The van der Waals surface area contributed by atoms with E-state index in [1.807, 2.05) is 0 Å². The van der Waals surface area contributed by atoms with Gasteiger partial charge in [0.25, 0.3) is 5.88 Å². The maximum atomic E-state index is 10.9. The Balaban J connectivity index is 2.17. The van der Waals surface area contributed by atoms with Crippen LogP contribution >= 0.6 is 0 Å². The van der Waals surface area contributed by atoms with Gasteiger partial charge in [0, 0.05) is 11.8 Å². The molecule has 1 aliphatic carbocycles. The number of aryl methyl sites for hydroxylation is 1. The van der Waals surface area contributed by atoms with Crippen LogP contribution in [0.3, 0.4) is 0 Å². The van der Waals surface area contributed by atoms with E-state index in [4.69, 9.17) is 4.74 Å². The van der Waals surface area contributed by atoms with Crippen molar-refractivity contribution in [1.29, 1.82) is 0 Å². The van der Waals surface area contributed by atoms with Gasteiger partial charge < -0.3 is 4.74 Å².